The van der Waals surface area contributed by atoms with Gasteiger partial charge in [-0.3, -0.25) is 0 Å². The third kappa shape index (κ3) is 5.40. The Morgan fingerprint density at radius 1 is 1.33 bits per heavy atom. The normalized spacial score (nSPS) is 13.4. The first-order valence-corrected chi connectivity index (χ1v) is 8.22. The molecular weight excluding hydrogens is 164 g/mol. The average molecular weight is 184 g/mol. The summed E-state index contributed by atoms with van der Waals surface area (Å²) in [7, 11) is -1.44. The molecule has 1 atom stereocenters. The molecule has 2 heteroatoms. The van der Waals surface area contributed by atoms with E-state index in [2.05, 4.69) is 38.4 Å². The van der Waals surface area contributed by atoms with Crippen LogP contribution in [0.1, 0.15) is 26.2 Å². The highest BCUT2D eigenvalue weighted by atomic mass is 28.3. The Kier molecular flexibility index (Phi) is 5.28. The number of aliphatic hydroxyl groups is 1. The first-order chi connectivity index (χ1) is 5.48. The van der Waals surface area contributed by atoms with Crippen molar-refractivity contribution in [3.05, 3.63) is 0 Å². The molecular formula is C10H20OSi. The maximum Gasteiger partial charge on any atom is 0.102 e. The number of aliphatic hydroxyl groups excluding tert-OH is 1. The van der Waals surface area contributed by atoms with Crippen LogP contribution >= 0.6 is 0 Å². The zero-order valence-electron chi connectivity index (χ0n) is 8.65. The lowest BCUT2D eigenvalue weighted by Gasteiger charge is -2.17. The Morgan fingerprint density at radius 2 is 1.92 bits per heavy atom. The molecule has 0 unspecified atom stereocenters. The van der Waals surface area contributed by atoms with Gasteiger partial charge in [-0.1, -0.05) is 38.9 Å². The van der Waals surface area contributed by atoms with Crippen molar-refractivity contribution in [3.8, 4) is 11.8 Å². The van der Waals surface area contributed by atoms with E-state index in [9.17, 15) is 5.11 Å². The fourth-order valence-corrected chi connectivity index (χ4v) is 1.19. The Labute approximate surface area is 77.2 Å². The van der Waals surface area contributed by atoms with Gasteiger partial charge in [-0.25, -0.2) is 0 Å². The van der Waals surface area contributed by atoms with Crippen LogP contribution in [0.15, 0.2) is 0 Å². The van der Waals surface area contributed by atoms with Crippen LogP contribution < -0.4 is 0 Å². The average Bonchev–Trinajstić information content (AvgIpc) is 1.96. The van der Waals surface area contributed by atoms with Gasteiger partial charge in [0.1, 0.15) is 5.73 Å². The number of rotatable bonds is 3. The topological polar surface area (TPSA) is 20.2 Å². The second kappa shape index (κ2) is 5.39. The summed E-state index contributed by atoms with van der Waals surface area (Å²) in [5.41, 5.74) is -0.352. The van der Waals surface area contributed by atoms with Gasteiger partial charge in [0.05, 0.1) is 8.07 Å². The molecule has 0 aromatic carbocycles. The molecule has 0 aromatic rings. The summed E-state index contributed by atoms with van der Waals surface area (Å²) in [6.07, 6.45) is 3.25. The van der Waals surface area contributed by atoms with E-state index in [0.717, 1.165) is 12.8 Å². The van der Waals surface area contributed by atoms with Crippen molar-refractivity contribution >= 4 is 8.07 Å². The molecule has 0 saturated carbocycles. The summed E-state index contributed by atoms with van der Waals surface area (Å²) in [6, 6.07) is 0. The zero-order valence-corrected chi connectivity index (χ0v) is 9.65. The molecule has 0 aliphatic heterocycles. The second-order valence-corrected chi connectivity index (χ2v) is 9.47. The van der Waals surface area contributed by atoms with Crippen molar-refractivity contribution < 1.29 is 5.11 Å². The Balaban J connectivity index is 3.79. The van der Waals surface area contributed by atoms with Gasteiger partial charge < -0.3 is 5.11 Å². The van der Waals surface area contributed by atoms with E-state index >= 15 is 0 Å². The van der Waals surface area contributed by atoms with Gasteiger partial charge >= 0.3 is 0 Å². The highest BCUT2D eigenvalue weighted by molar-refractivity contribution is 6.77. The molecule has 70 valence electrons. The van der Waals surface area contributed by atoms with Crippen molar-refractivity contribution in [1.29, 1.82) is 0 Å². The van der Waals surface area contributed by atoms with Crippen LogP contribution in [-0.2, 0) is 0 Å². The molecule has 0 aromatic heterocycles. The van der Waals surface area contributed by atoms with Crippen molar-refractivity contribution in [1.82, 2.24) is 0 Å². The van der Waals surface area contributed by atoms with E-state index in [4.69, 9.17) is 0 Å². The predicted molar refractivity (Wildman–Crippen MR) is 56.7 cm³/mol. The van der Waals surface area contributed by atoms with Gasteiger partial charge in [0.25, 0.3) is 0 Å². The van der Waals surface area contributed by atoms with Crippen LogP contribution in [-0.4, -0.2) is 18.9 Å². The summed E-state index contributed by atoms with van der Waals surface area (Å²) in [4.78, 5) is 0. The molecule has 0 fully saturated rings. The van der Waals surface area contributed by atoms with E-state index in [0.29, 0.717) is 0 Å². The lowest BCUT2D eigenvalue weighted by Crippen LogP contribution is -2.36. The van der Waals surface area contributed by atoms with Crippen LogP contribution in [0.3, 0.4) is 0 Å². The predicted octanol–water partition coefficient (Wildman–Crippen LogP) is 2.42. The zero-order chi connectivity index (χ0) is 9.61. The molecule has 0 bridgehead atoms. The van der Waals surface area contributed by atoms with E-state index in [1.54, 1.807) is 0 Å². The van der Waals surface area contributed by atoms with Crippen molar-refractivity contribution in [3.63, 3.8) is 0 Å². The van der Waals surface area contributed by atoms with Crippen molar-refractivity contribution in [2.75, 3.05) is 0 Å². The highest BCUT2D eigenvalue weighted by Gasteiger charge is 2.22. The van der Waals surface area contributed by atoms with Crippen LogP contribution in [0, 0.1) is 11.8 Å². The largest absolute Gasteiger partial charge is 0.384 e. The highest BCUT2D eigenvalue weighted by Crippen LogP contribution is 2.06. The third-order valence-electron chi connectivity index (χ3n) is 1.71. The smallest absolute Gasteiger partial charge is 0.102 e. The Hall–Kier alpha value is -0.263. The summed E-state index contributed by atoms with van der Waals surface area (Å²) in [5.74, 6) is 5.95. The fourth-order valence-electron chi connectivity index (χ4n) is 0.651. The van der Waals surface area contributed by atoms with Crippen LogP contribution in [0.25, 0.3) is 0 Å². The van der Waals surface area contributed by atoms with E-state index in [1.807, 2.05) is 0 Å². The van der Waals surface area contributed by atoms with Gasteiger partial charge in [-0.05, 0) is 6.42 Å². The van der Waals surface area contributed by atoms with Crippen LogP contribution in [0.2, 0.25) is 19.6 Å². The lowest BCUT2D eigenvalue weighted by atomic mass is 10.2. The molecule has 0 aliphatic carbocycles. The Morgan fingerprint density at radius 3 is 2.33 bits per heavy atom. The molecule has 0 amide bonds. The molecule has 1 nitrogen and oxygen atoms in total. The van der Waals surface area contributed by atoms with E-state index in [-0.39, 0.29) is 5.73 Å². The monoisotopic (exact) mass is 184 g/mol. The first-order valence-electron chi connectivity index (χ1n) is 4.65. The number of unbranched alkanes of at least 4 members (excludes halogenated alkanes) is 2. The van der Waals surface area contributed by atoms with E-state index < -0.39 is 8.07 Å². The molecule has 12 heavy (non-hydrogen) atoms. The van der Waals surface area contributed by atoms with Gasteiger partial charge in [-0.2, -0.15) is 0 Å². The molecule has 0 heterocycles. The fraction of sp³-hybridized carbons (Fsp3) is 0.800. The summed E-state index contributed by atoms with van der Waals surface area (Å²) in [6.45, 7) is 8.54. The molecule has 0 aliphatic rings. The minimum Gasteiger partial charge on any atom is -0.384 e. The second-order valence-electron chi connectivity index (χ2n) is 4.19. The van der Waals surface area contributed by atoms with Gasteiger partial charge in [-0.15, -0.1) is 5.92 Å². The number of hydrogen-bond acceptors (Lipinski definition) is 1. The SMILES string of the molecule is CCCCC#C[C@H](O)[Si](C)(C)C. The summed E-state index contributed by atoms with van der Waals surface area (Å²) < 4.78 is 0. The minimum atomic E-state index is -1.44. The summed E-state index contributed by atoms with van der Waals surface area (Å²) >= 11 is 0. The molecule has 0 saturated heterocycles. The van der Waals surface area contributed by atoms with Crippen molar-refractivity contribution in [2.24, 2.45) is 0 Å². The van der Waals surface area contributed by atoms with Gasteiger partial charge in [0.15, 0.2) is 0 Å². The molecule has 0 rings (SSSR count). The first kappa shape index (κ1) is 11.7. The standard InChI is InChI=1S/C10H20OSi/c1-5-6-7-8-9-10(11)12(2,3)4/h10-11H,5-7H2,1-4H3/t10-/m1/s1. The van der Waals surface area contributed by atoms with Crippen LogP contribution in [0.4, 0.5) is 0 Å². The van der Waals surface area contributed by atoms with Crippen LogP contribution in [0.5, 0.6) is 0 Å². The van der Waals surface area contributed by atoms with Gasteiger partial charge in [0.2, 0.25) is 0 Å². The van der Waals surface area contributed by atoms with Gasteiger partial charge in [0, 0.05) is 6.42 Å². The quantitative estimate of drug-likeness (QED) is 0.406. The maximum atomic E-state index is 9.57. The van der Waals surface area contributed by atoms with E-state index in [1.165, 1.54) is 6.42 Å². The lowest BCUT2D eigenvalue weighted by molar-refractivity contribution is 0.299. The number of hydrogen-bond donors (Lipinski definition) is 1. The third-order valence-corrected chi connectivity index (χ3v) is 3.50. The minimum absolute atomic E-state index is 0.352. The Bertz CT molecular complexity index is 171. The molecule has 1 N–H and O–H groups in total. The van der Waals surface area contributed by atoms with Crippen molar-refractivity contribution in [2.45, 2.75) is 51.6 Å². The maximum absolute atomic E-state index is 9.57. The molecule has 0 radical (unpaired) electrons. The summed E-state index contributed by atoms with van der Waals surface area (Å²) in [5, 5.41) is 9.57. The molecule has 0 spiro atoms.